The van der Waals surface area contributed by atoms with Crippen molar-refractivity contribution in [1.29, 1.82) is 0 Å². The van der Waals surface area contributed by atoms with Crippen molar-refractivity contribution in [3.63, 3.8) is 0 Å². The molecule has 4 rings (SSSR count). The summed E-state index contributed by atoms with van der Waals surface area (Å²) in [6.07, 6.45) is 3.50. The molecular formula is C21H21N3O2S. The number of amides is 1. The van der Waals surface area contributed by atoms with Crippen molar-refractivity contribution < 1.29 is 9.59 Å². The average molecular weight is 379 g/mol. The van der Waals surface area contributed by atoms with E-state index in [-0.39, 0.29) is 11.7 Å². The summed E-state index contributed by atoms with van der Waals surface area (Å²) in [6.45, 7) is 5.09. The molecule has 6 heteroatoms. The van der Waals surface area contributed by atoms with Crippen molar-refractivity contribution in [3.05, 3.63) is 57.2 Å². The van der Waals surface area contributed by atoms with Gasteiger partial charge in [0.2, 0.25) is 0 Å². The lowest BCUT2D eigenvalue weighted by Gasteiger charge is -2.03. The summed E-state index contributed by atoms with van der Waals surface area (Å²) in [4.78, 5) is 32.0. The van der Waals surface area contributed by atoms with Crippen LogP contribution in [0, 0.1) is 13.8 Å². The number of hydrogen-bond acceptors (Lipinski definition) is 4. The summed E-state index contributed by atoms with van der Waals surface area (Å²) in [6, 6.07) is 6.49. The standard InChI is InChI=1S/C21H21N3O2S/c1-11-18(13(3)25)12(2)22-19(11)20(26)24-21-23-17(10-27-21)16-8-7-14-5-4-6-15(14)9-16/h7-10,22H,4-6H2,1-3H3,(H,23,24,26). The SMILES string of the molecule is CC(=O)c1c(C)[nH]c(C(=O)Nc2nc(-c3ccc4c(c3)CCC4)cs2)c1C. The quantitative estimate of drug-likeness (QED) is 0.645. The fourth-order valence-corrected chi connectivity index (χ4v) is 4.57. The highest BCUT2D eigenvalue weighted by atomic mass is 32.1. The Morgan fingerprint density at radius 2 is 1.96 bits per heavy atom. The molecule has 2 N–H and O–H groups in total. The van der Waals surface area contributed by atoms with Crippen molar-refractivity contribution >= 4 is 28.2 Å². The second-order valence-electron chi connectivity index (χ2n) is 7.01. The molecule has 0 saturated carbocycles. The number of aryl methyl sites for hydroxylation is 3. The maximum atomic E-state index is 12.6. The fourth-order valence-electron chi connectivity index (χ4n) is 3.86. The number of Topliss-reactive ketones (excluding diaryl/α,β-unsaturated/α-hetero) is 1. The number of nitrogens with zero attached hydrogens (tertiary/aromatic N) is 1. The van der Waals surface area contributed by atoms with E-state index in [1.807, 2.05) is 5.38 Å². The van der Waals surface area contributed by atoms with E-state index in [9.17, 15) is 9.59 Å². The molecule has 1 amide bonds. The predicted molar refractivity (Wildman–Crippen MR) is 108 cm³/mol. The molecule has 0 spiro atoms. The molecule has 2 aromatic heterocycles. The van der Waals surface area contributed by atoms with Crippen LogP contribution in [0.2, 0.25) is 0 Å². The molecule has 138 valence electrons. The van der Waals surface area contributed by atoms with E-state index in [1.165, 1.54) is 35.8 Å². The van der Waals surface area contributed by atoms with Crippen LogP contribution in [0.3, 0.4) is 0 Å². The van der Waals surface area contributed by atoms with Gasteiger partial charge in [0.1, 0.15) is 5.69 Å². The zero-order valence-electron chi connectivity index (χ0n) is 15.6. The predicted octanol–water partition coefficient (Wildman–Crippen LogP) is 4.70. The zero-order chi connectivity index (χ0) is 19.1. The summed E-state index contributed by atoms with van der Waals surface area (Å²) >= 11 is 1.40. The molecule has 0 atom stereocenters. The summed E-state index contributed by atoms with van der Waals surface area (Å²) < 4.78 is 0. The van der Waals surface area contributed by atoms with Crippen LogP contribution >= 0.6 is 11.3 Å². The average Bonchev–Trinajstić information content (AvgIpc) is 3.32. The molecule has 1 aromatic carbocycles. The van der Waals surface area contributed by atoms with Crippen LogP contribution in [0.25, 0.3) is 11.3 Å². The number of carbonyl (C=O) groups is 2. The van der Waals surface area contributed by atoms with Crippen LogP contribution in [0.5, 0.6) is 0 Å². The summed E-state index contributed by atoms with van der Waals surface area (Å²) in [5, 5.41) is 5.35. The minimum Gasteiger partial charge on any atom is -0.354 e. The normalized spacial score (nSPS) is 12.9. The highest BCUT2D eigenvalue weighted by Crippen LogP contribution is 2.30. The van der Waals surface area contributed by atoms with E-state index < -0.39 is 0 Å². The minimum atomic E-state index is -0.280. The first-order valence-electron chi connectivity index (χ1n) is 9.03. The molecule has 0 bridgehead atoms. The van der Waals surface area contributed by atoms with Crippen LogP contribution in [-0.2, 0) is 12.8 Å². The van der Waals surface area contributed by atoms with Crippen molar-refractivity contribution in [2.24, 2.45) is 0 Å². The maximum absolute atomic E-state index is 12.6. The van der Waals surface area contributed by atoms with E-state index in [4.69, 9.17) is 0 Å². The lowest BCUT2D eigenvalue weighted by molar-refractivity contribution is 0.101. The Morgan fingerprint density at radius 3 is 2.70 bits per heavy atom. The molecule has 1 aliphatic rings. The van der Waals surface area contributed by atoms with Crippen LogP contribution < -0.4 is 5.32 Å². The lowest BCUT2D eigenvalue weighted by atomic mass is 10.1. The first-order chi connectivity index (χ1) is 12.9. The van der Waals surface area contributed by atoms with E-state index >= 15 is 0 Å². The second kappa shape index (κ2) is 6.78. The Labute approximate surface area is 161 Å². The van der Waals surface area contributed by atoms with Gasteiger partial charge in [-0.05, 0) is 62.8 Å². The summed E-state index contributed by atoms with van der Waals surface area (Å²) in [7, 11) is 0. The molecule has 1 aliphatic carbocycles. The van der Waals surface area contributed by atoms with Gasteiger partial charge in [-0.25, -0.2) is 4.98 Å². The van der Waals surface area contributed by atoms with Gasteiger partial charge < -0.3 is 4.98 Å². The largest absolute Gasteiger partial charge is 0.354 e. The molecular weight excluding hydrogens is 358 g/mol. The highest BCUT2D eigenvalue weighted by molar-refractivity contribution is 7.14. The number of anilines is 1. The highest BCUT2D eigenvalue weighted by Gasteiger charge is 2.21. The van der Waals surface area contributed by atoms with Crippen molar-refractivity contribution in [2.75, 3.05) is 5.32 Å². The van der Waals surface area contributed by atoms with Gasteiger partial charge in [-0.15, -0.1) is 11.3 Å². The van der Waals surface area contributed by atoms with E-state index in [0.717, 1.165) is 24.1 Å². The van der Waals surface area contributed by atoms with Crippen molar-refractivity contribution in [1.82, 2.24) is 9.97 Å². The molecule has 0 aliphatic heterocycles. The number of nitrogens with one attached hydrogen (secondary N) is 2. The van der Waals surface area contributed by atoms with Gasteiger partial charge >= 0.3 is 0 Å². The van der Waals surface area contributed by atoms with Crippen molar-refractivity contribution in [2.45, 2.75) is 40.0 Å². The molecule has 27 heavy (non-hydrogen) atoms. The third kappa shape index (κ3) is 3.21. The van der Waals surface area contributed by atoms with Crippen molar-refractivity contribution in [3.8, 4) is 11.3 Å². The molecule has 0 fully saturated rings. The van der Waals surface area contributed by atoms with E-state index in [2.05, 4.69) is 33.5 Å². The third-order valence-corrected chi connectivity index (χ3v) is 5.89. The van der Waals surface area contributed by atoms with Crippen LogP contribution in [0.4, 0.5) is 5.13 Å². The molecule has 2 heterocycles. The number of carbonyl (C=O) groups excluding carboxylic acids is 2. The number of hydrogen-bond donors (Lipinski definition) is 2. The Kier molecular flexibility index (Phi) is 4.44. The topological polar surface area (TPSA) is 74.8 Å². The number of rotatable bonds is 4. The second-order valence-corrected chi connectivity index (χ2v) is 7.87. The molecule has 0 saturated heterocycles. The van der Waals surface area contributed by atoms with Gasteiger partial charge in [0, 0.05) is 22.2 Å². The van der Waals surface area contributed by atoms with Gasteiger partial charge in [-0.1, -0.05) is 12.1 Å². The monoisotopic (exact) mass is 379 g/mol. The zero-order valence-corrected chi connectivity index (χ0v) is 16.4. The number of H-pyrrole nitrogens is 1. The lowest BCUT2D eigenvalue weighted by Crippen LogP contribution is -2.13. The fraction of sp³-hybridized carbons (Fsp3) is 0.286. The summed E-state index contributed by atoms with van der Waals surface area (Å²) in [5.74, 6) is -0.327. The van der Waals surface area contributed by atoms with E-state index in [1.54, 1.807) is 13.8 Å². The van der Waals surface area contributed by atoms with E-state index in [0.29, 0.717) is 27.6 Å². The van der Waals surface area contributed by atoms with Gasteiger partial charge in [-0.2, -0.15) is 0 Å². The number of ketones is 1. The Bertz CT molecular complexity index is 1060. The van der Waals surface area contributed by atoms with Crippen LogP contribution in [-0.4, -0.2) is 21.7 Å². The smallest absolute Gasteiger partial charge is 0.274 e. The van der Waals surface area contributed by atoms with Gasteiger partial charge in [-0.3, -0.25) is 14.9 Å². The van der Waals surface area contributed by atoms with Crippen LogP contribution in [0.1, 0.15) is 56.6 Å². The number of fused-ring (bicyclic) bond motifs is 1. The number of thiazole rings is 1. The molecule has 0 radical (unpaired) electrons. The third-order valence-electron chi connectivity index (χ3n) is 5.14. The first-order valence-corrected chi connectivity index (χ1v) is 9.91. The molecule has 0 unspecified atom stereocenters. The number of aromatic amines is 1. The van der Waals surface area contributed by atoms with Gasteiger partial charge in [0.15, 0.2) is 10.9 Å². The Morgan fingerprint density at radius 1 is 1.19 bits per heavy atom. The van der Waals surface area contributed by atoms with Gasteiger partial charge in [0.05, 0.1) is 5.69 Å². The maximum Gasteiger partial charge on any atom is 0.274 e. The molecule has 3 aromatic rings. The van der Waals surface area contributed by atoms with Gasteiger partial charge in [0.25, 0.3) is 5.91 Å². The number of aromatic nitrogens is 2. The Hall–Kier alpha value is -2.73. The summed E-state index contributed by atoms with van der Waals surface area (Å²) in [5.41, 5.74) is 7.16. The van der Waals surface area contributed by atoms with Crippen LogP contribution in [0.15, 0.2) is 23.6 Å². The Balaban J connectivity index is 1.55. The first kappa shape index (κ1) is 17.7. The number of benzene rings is 1. The minimum absolute atomic E-state index is 0.0477. The molecule has 5 nitrogen and oxygen atoms in total.